The number of hydrogen-bond donors (Lipinski definition) is 3. The summed E-state index contributed by atoms with van der Waals surface area (Å²) < 4.78 is 4.95. The zero-order chi connectivity index (χ0) is 19.6. The molecule has 0 aromatic heterocycles. The van der Waals surface area contributed by atoms with Crippen LogP contribution in [0.1, 0.15) is 27.9 Å². The van der Waals surface area contributed by atoms with Crippen LogP contribution in [0.5, 0.6) is 0 Å². The van der Waals surface area contributed by atoms with E-state index in [-0.39, 0.29) is 18.4 Å². The largest absolute Gasteiger partial charge is 0.385 e. The highest BCUT2D eigenvalue weighted by atomic mass is 16.5. The van der Waals surface area contributed by atoms with Gasteiger partial charge in [-0.2, -0.15) is 0 Å². The molecule has 2 aromatic rings. The quantitative estimate of drug-likeness (QED) is 0.594. The van der Waals surface area contributed by atoms with E-state index in [1.54, 1.807) is 31.4 Å². The number of rotatable bonds is 9. The van der Waals surface area contributed by atoms with Crippen LogP contribution in [0.15, 0.2) is 42.5 Å². The van der Waals surface area contributed by atoms with Gasteiger partial charge in [-0.3, -0.25) is 9.59 Å². The van der Waals surface area contributed by atoms with Gasteiger partial charge < -0.3 is 20.7 Å². The summed E-state index contributed by atoms with van der Waals surface area (Å²) in [4.78, 5) is 24.1. The molecular weight excluding hydrogens is 342 g/mol. The summed E-state index contributed by atoms with van der Waals surface area (Å²) in [6, 6.07) is 12.9. The molecular formula is C21H27N3O3. The second-order valence-electron chi connectivity index (χ2n) is 6.40. The number of methoxy groups -OCH3 is 1. The van der Waals surface area contributed by atoms with Crippen LogP contribution in [0.3, 0.4) is 0 Å². The summed E-state index contributed by atoms with van der Waals surface area (Å²) in [5, 5.41) is 8.80. The molecule has 27 heavy (non-hydrogen) atoms. The van der Waals surface area contributed by atoms with Crippen LogP contribution in [0.25, 0.3) is 0 Å². The summed E-state index contributed by atoms with van der Waals surface area (Å²) in [6.45, 7) is 5.36. The summed E-state index contributed by atoms with van der Waals surface area (Å²) in [5.74, 6) is -0.284. The molecule has 0 radical (unpaired) electrons. The molecule has 6 nitrogen and oxygen atoms in total. The van der Waals surface area contributed by atoms with Crippen molar-refractivity contribution in [3.05, 3.63) is 59.2 Å². The van der Waals surface area contributed by atoms with Crippen molar-refractivity contribution in [3.8, 4) is 0 Å². The van der Waals surface area contributed by atoms with Crippen molar-refractivity contribution in [3.63, 3.8) is 0 Å². The minimum absolute atomic E-state index is 0.138. The number of carbonyl (C=O) groups excluding carboxylic acids is 2. The van der Waals surface area contributed by atoms with Crippen molar-refractivity contribution >= 4 is 23.2 Å². The third-order valence-corrected chi connectivity index (χ3v) is 4.07. The fourth-order valence-corrected chi connectivity index (χ4v) is 2.53. The fraction of sp³-hybridized carbons (Fsp3) is 0.333. The number of amides is 2. The first-order chi connectivity index (χ1) is 13.0. The first-order valence-corrected chi connectivity index (χ1v) is 8.98. The molecule has 0 aliphatic heterocycles. The Kier molecular flexibility index (Phi) is 7.82. The van der Waals surface area contributed by atoms with E-state index in [1.165, 1.54) is 0 Å². The van der Waals surface area contributed by atoms with E-state index in [2.05, 4.69) is 16.0 Å². The van der Waals surface area contributed by atoms with Crippen LogP contribution in [0.2, 0.25) is 0 Å². The van der Waals surface area contributed by atoms with E-state index in [1.807, 2.05) is 32.0 Å². The minimum atomic E-state index is -0.146. The molecule has 144 valence electrons. The molecule has 2 amide bonds. The average Bonchev–Trinajstić information content (AvgIpc) is 2.66. The maximum absolute atomic E-state index is 12.1. The third kappa shape index (κ3) is 6.75. The molecule has 0 fully saturated rings. The standard InChI is InChI=1S/C21H27N3O3/c1-15-5-6-16(2)19(13-15)23-14-20(25)24-18-9-7-17(8-10-18)21(26)22-11-4-12-27-3/h5-10,13,23H,4,11-12,14H2,1-3H3,(H,22,26)(H,24,25). The zero-order valence-electron chi connectivity index (χ0n) is 16.1. The van der Waals surface area contributed by atoms with Crippen molar-refractivity contribution in [1.29, 1.82) is 0 Å². The lowest BCUT2D eigenvalue weighted by molar-refractivity contribution is -0.114. The van der Waals surface area contributed by atoms with E-state index in [9.17, 15) is 9.59 Å². The Labute approximate surface area is 160 Å². The van der Waals surface area contributed by atoms with Crippen LogP contribution >= 0.6 is 0 Å². The number of benzene rings is 2. The Bertz CT molecular complexity index is 773. The second-order valence-corrected chi connectivity index (χ2v) is 6.40. The lowest BCUT2D eigenvalue weighted by Crippen LogP contribution is -2.25. The molecule has 2 rings (SSSR count). The summed E-state index contributed by atoms with van der Waals surface area (Å²) in [5.41, 5.74) is 4.39. The van der Waals surface area contributed by atoms with E-state index in [0.29, 0.717) is 24.4 Å². The Hall–Kier alpha value is -2.86. The Morgan fingerprint density at radius 1 is 1.04 bits per heavy atom. The first-order valence-electron chi connectivity index (χ1n) is 8.98. The van der Waals surface area contributed by atoms with Crippen molar-refractivity contribution in [2.75, 3.05) is 37.4 Å². The van der Waals surface area contributed by atoms with Gasteiger partial charge in [0.15, 0.2) is 0 Å². The maximum Gasteiger partial charge on any atom is 0.251 e. The van der Waals surface area contributed by atoms with Gasteiger partial charge in [0, 0.05) is 37.2 Å². The SMILES string of the molecule is COCCCNC(=O)c1ccc(NC(=O)CNc2cc(C)ccc2C)cc1. The highest BCUT2D eigenvalue weighted by Gasteiger charge is 2.07. The molecule has 0 unspecified atom stereocenters. The van der Waals surface area contributed by atoms with E-state index >= 15 is 0 Å². The smallest absolute Gasteiger partial charge is 0.251 e. The van der Waals surface area contributed by atoms with Crippen LogP contribution < -0.4 is 16.0 Å². The van der Waals surface area contributed by atoms with Gasteiger partial charge in [-0.25, -0.2) is 0 Å². The fourth-order valence-electron chi connectivity index (χ4n) is 2.53. The molecule has 0 aliphatic rings. The molecule has 0 bridgehead atoms. The summed E-state index contributed by atoms with van der Waals surface area (Å²) in [6.07, 6.45) is 0.768. The zero-order valence-corrected chi connectivity index (χ0v) is 16.1. The molecule has 0 aliphatic carbocycles. The predicted octanol–water partition coefficient (Wildman–Crippen LogP) is 3.12. The molecule has 0 atom stereocenters. The van der Waals surface area contributed by atoms with Gasteiger partial charge in [-0.15, -0.1) is 0 Å². The summed E-state index contributed by atoms with van der Waals surface area (Å²) in [7, 11) is 1.63. The van der Waals surface area contributed by atoms with Gasteiger partial charge in [0.2, 0.25) is 5.91 Å². The minimum Gasteiger partial charge on any atom is -0.385 e. The maximum atomic E-state index is 12.1. The normalized spacial score (nSPS) is 10.3. The van der Waals surface area contributed by atoms with Crippen molar-refractivity contribution < 1.29 is 14.3 Å². The monoisotopic (exact) mass is 369 g/mol. The lowest BCUT2D eigenvalue weighted by Gasteiger charge is -2.11. The number of nitrogens with one attached hydrogen (secondary N) is 3. The first kappa shape index (κ1) is 20.5. The van der Waals surface area contributed by atoms with E-state index in [4.69, 9.17) is 4.74 Å². The van der Waals surface area contributed by atoms with Gasteiger partial charge >= 0.3 is 0 Å². The van der Waals surface area contributed by atoms with Gasteiger partial charge in [0.05, 0.1) is 6.54 Å². The van der Waals surface area contributed by atoms with Crippen LogP contribution in [0, 0.1) is 13.8 Å². The van der Waals surface area contributed by atoms with Crippen LogP contribution in [-0.2, 0) is 9.53 Å². The average molecular weight is 369 g/mol. The predicted molar refractivity (Wildman–Crippen MR) is 108 cm³/mol. The van der Waals surface area contributed by atoms with Crippen molar-refractivity contribution in [2.45, 2.75) is 20.3 Å². The molecule has 0 saturated carbocycles. The topological polar surface area (TPSA) is 79.5 Å². The van der Waals surface area contributed by atoms with Gasteiger partial charge in [0.25, 0.3) is 5.91 Å². The second kappa shape index (κ2) is 10.3. The Morgan fingerprint density at radius 2 is 1.78 bits per heavy atom. The highest BCUT2D eigenvalue weighted by molar-refractivity contribution is 5.96. The van der Waals surface area contributed by atoms with Gasteiger partial charge in [-0.05, 0) is 61.7 Å². The third-order valence-electron chi connectivity index (χ3n) is 4.07. The van der Waals surface area contributed by atoms with Gasteiger partial charge in [0.1, 0.15) is 0 Å². The lowest BCUT2D eigenvalue weighted by atomic mass is 10.1. The van der Waals surface area contributed by atoms with Crippen LogP contribution in [0.4, 0.5) is 11.4 Å². The number of carbonyl (C=O) groups is 2. The number of ether oxygens (including phenoxy) is 1. The molecule has 3 N–H and O–H groups in total. The molecule has 0 saturated heterocycles. The molecule has 2 aromatic carbocycles. The van der Waals surface area contributed by atoms with Crippen LogP contribution in [-0.4, -0.2) is 38.6 Å². The number of anilines is 2. The Morgan fingerprint density at radius 3 is 2.48 bits per heavy atom. The summed E-state index contributed by atoms with van der Waals surface area (Å²) >= 11 is 0. The molecule has 6 heteroatoms. The highest BCUT2D eigenvalue weighted by Crippen LogP contribution is 2.16. The van der Waals surface area contributed by atoms with Crippen molar-refractivity contribution in [1.82, 2.24) is 5.32 Å². The molecule has 0 heterocycles. The van der Waals surface area contributed by atoms with Crippen molar-refractivity contribution in [2.24, 2.45) is 0 Å². The van der Waals surface area contributed by atoms with E-state index < -0.39 is 0 Å². The van der Waals surface area contributed by atoms with Gasteiger partial charge in [-0.1, -0.05) is 12.1 Å². The number of aryl methyl sites for hydroxylation is 2. The molecule has 0 spiro atoms. The number of hydrogen-bond acceptors (Lipinski definition) is 4. The van der Waals surface area contributed by atoms with E-state index in [0.717, 1.165) is 23.2 Å². The Balaban J connectivity index is 1.82.